The molecule has 7 heteroatoms. The van der Waals surface area contributed by atoms with Crippen LogP contribution >= 0.6 is 0 Å². The second-order valence-corrected chi connectivity index (χ2v) is 7.39. The van der Waals surface area contributed by atoms with Crippen LogP contribution in [0.4, 0.5) is 5.82 Å². The van der Waals surface area contributed by atoms with Crippen LogP contribution in [0.2, 0.25) is 0 Å². The Morgan fingerprint density at radius 2 is 2.04 bits per heavy atom. The first-order valence-corrected chi connectivity index (χ1v) is 9.24. The van der Waals surface area contributed by atoms with Crippen molar-refractivity contribution in [2.45, 2.75) is 31.7 Å². The highest BCUT2D eigenvalue weighted by Gasteiger charge is 2.29. The van der Waals surface area contributed by atoms with Crippen molar-refractivity contribution in [3.05, 3.63) is 46.9 Å². The molecule has 0 unspecified atom stereocenters. The van der Waals surface area contributed by atoms with E-state index in [1.165, 1.54) is 18.5 Å². The summed E-state index contributed by atoms with van der Waals surface area (Å²) >= 11 is 0. The standard InChI is InChI=1S/C20H24N4O3/c1-12-16(9-17(23(12)2)13-4-5-13)19(25)22-18-8-14(6-7-21-18)20(26)24(3)15-10-27-11-15/h6-9,13,15H,4-5,10-11H2,1-3H3,(H,21,22,25). The topological polar surface area (TPSA) is 76.5 Å². The van der Waals surface area contributed by atoms with Gasteiger partial charge < -0.3 is 19.5 Å². The van der Waals surface area contributed by atoms with Crippen LogP contribution in [0, 0.1) is 6.92 Å². The summed E-state index contributed by atoms with van der Waals surface area (Å²) in [6.07, 6.45) is 3.91. The molecule has 0 spiro atoms. The Morgan fingerprint density at radius 1 is 1.30 bits per heavy atom. The van der Waals surface area contributed by atoms with Crippen molar-refractivity contribution >= 4 is 17.6 Å². The largest absolute Gasteiger partial charge is 0.377 e. The Kier molecular flexibility index (Phi) is 4.47. The Labute approximate surface area is 158 Å². The molecule has 0 aromatic carbocycles. The van der Waals surface area contributed by atoms with Gasteiger partial charge in [-0.25, -0.2) is 4.98 Å². The number of likely N-dealkylation sites (N-methyl/N-ethyl adjacent to an activating group) is 1. The molecule has 0 bridgehead atoms. The molecule has 3 heterocycles. The zero-order chi connectivity index (χ0) is 19.1. The van der Waals surface area contributed by atoms with Gasteiger partial charge in [-0.3, -0.25) is 9.59 Å². The molecule has 0 radical (unpaired) electrons. The lowest BCUT2D eigenvalue weighted by Crippen LogP contribution is -2.49. The fourth-order valence-electron chi connectivity index (χ4n) is 3.36. The number of rotatable bonds is 5. The molecule has 2 aromatic rings. The lowest BCUT2D eigenvalue weighted by Gasteiger charge is -2.34. The van der Waals surface area contributed by atoms with E-state index in [0.717, 1.165) is 5.69 Å². The lowest BCUT2D eigenvalue weighted by molar-refractivity contribution is -0.0467. The molecule has 1 saturated heterocycles. The third-order valence-electron chi connectivity index (χ3n) is 5.55. The van der Waals surface area contributed by atoms with Crippen molar-refractivity contribution in [3.63, 3.8) is 0 Å². The molecule has 1 saturated carbocycles. The van der Waals surface area contributed by atoms with Gasteiger partial charge >= 0.3 is 0 Å². The number of hydrogen-bond acceptors (Lipinski definition) is 4. The Hall–Kier alpha value is -2.67. The first-order valence-electron chi connectivity index (χ1n) is 9.24. The normalized spacial score (nSPS) is 16.7. The van der Waals surface area contributed by atoms with Crippen LogP contribution < -0.4 is 5.32 Å². The zero-order valence-electron chi connectivity index (χ0n) is 15.9. The second-order valence-electron chi connectivity index (χ2n) is 7.39. The minimum absolute atomic E-state index is 0.104. The Bertz CT molecular complexity index is 897. The van der Waals surface area contributed by atoms with E-state index in [1.807, 2.05) is 20.0 Å². The van der Waals surface area contributed by atoms with E-state index in [9.17, 15) is 9.59 Å². The summed E-state index contributed by atoms with van der Waals surface area (Å²) in [5.74, 6) is 0.640. The summed E-state index contributed by atoms with van der Waals surface area (Å²) in [4.78, 5) is 31.2. The summed E-state index contributed by atoms with van der Waals surface area (Å²) < 4.78 is 7.24. The molecule has 0 atom stereocenters. The molecule has 2 amide bonds. The molecular weight excluding hydrogens is 344 g/mol. The maximum absolute atomic E-state index is 12.7. The van der Waals surface area contributed by atoms with Gasteiger partial charge in [0.2, 0.25) is 0 Å². The van der Waals surface area contributed by atoms with Gasteiger partial charge in [-0.2, -0.15) is 0 Å². The Morgan fingerprint density at radius 3 is 2.67 bits per heavy atom. The summed E-state index contributed by atoms with van der Waals surface area (Å²) in [6, 6.07) is 5.36. The zero-order valence-corrected chi connectivity index (χ0v) is 15.9. The van der Waals surface area contributed by atoms with Gasteiger partial charge in [-0.1, -0.05) is 0 Å². The number of hydrogen-bond donors (Lipinski definition) is 1. The van der Waals surface area contributed by atoms with Gasteiger partial charge in [0.15, 0.2) is 0 Å². The van der Waals surface area contributed by atoms with Crippen LogP contribution in [0.1, 0.15) is 50.9 Å². The monoisotopic (exact) mass is 368 g/mol. The first kappa shape index (κ1) is 17.7. The maximum atomic E-state index is 12.7. The van der Waals surface area contributed by atoms with Gasteiger partial charge in [-0.15, -0.1) is 0 Å². The van der Waals surface area contributed by atoms with Gasteiger partial charge in [0.05, 0.1) is 24.8 Å². The van der Waals surface area contributed by atoms with Crippen LogP contribution in [0.15, 0.2) is 24.4 Å². The number of pyridine rings is 1. The molecular formula is C20H24N4O3. The predicted octanol–water partition coefficient (Wildman–Crippen LogP) is 2.33. The van der Waals surface area contributed by atoms with Crippen LogP contribution in [0.5, 0.6) is 0 Å². The number of ether oxygens (including phenoxy) is 1. The summed E-state index contributed by atoms with van der Waals surface area (Å²) in [5, 5.41) is 2.83. The summed E-state index contributed by atoms with van der Waals surface area (Å²) in [7, 11) is 3.76. The van der Waals surface area contributed by atoms with Crippen LogP contribution in [0.25, 0.3) is 0 Å². The van der Waals surface area contributed by atoms with E-state index in [-0.39, 0.29) is 17.9 Å². The minimum atomic E-state index is -0.201. The summed E-state index contributed by atoms with van der Waals surface area (Å²) in [5.41, 5.74) is 3.30. The summed E-state index contributed by atoms with van der Waals surface area (Å²) in [6.45, 7) is 3.07. The van der Waals surface area contributed by atoms with Crippen molar-refractivity contribution in [2.75, 3.05) is 25.6 Å². The molecule has 1 aliphatic heterocycles. The SMILES string of the molecule is Cc1c(C(=O)Nc2cc(C(=O)N(C)C3COC3)ccn2)cc(C2CC2)n1C. The van der Waals surface area contributed by atoms with Crippen LogP contribution in [-0.4, -0.2) is 52.6 Å². The molecule has 2 aliphatic rings. The minimum Gasteiger partial charge on any atom is -0.377 e. The fourth-order valence-corrected chi connectivity index (χ4v) is 3.36. The average molecular weight is 368 g/mol. The third kappa shape index (κ3) is 3.35. The number of nitrogens with one attached hydrogen (secondary N) is 1. The van der Waals surface area contributed by atoms with Crippen molar-refractivity contribution in [2.24, 2.45) is 7.05 Å². The first-order chi connectivity index (χ1) is 13.0. The molecule has 1 aliphatic carbocycles. The van der Waals surface area contributed by atoms with E-state index in [0.29, 0.717) is 36.1 Å². The van der Waals surface area contributed by atoms with E-state index in [1.54, 1.807) is 30.3 Å². The molecule has 2 fully saturated rings. The number of anilines is 1. The highest BCUT2D eigenvalue weighted by atomic mass is 16.5. The van der Waals surface area contributed by atoms with E-state index in [4.69, 9.17) is 4.74 Å². The highest BCUT2D eigenvalue weighted by Crippen LogP contribution is 2.41. The molecule has 2 aromatic heterocycles. The van der Waals surface area contributed by atoms with Gasteiger partial charge in [-0.05, 0) is 43.9 Å². The fraction of sp³-hybridized carbons (Fsp3) is 0.450. The second kappa shape index (κ2) is 6.81. The van der Waals surface area contributed by atoms with Crippen molar-refractivity contribution in [3.8, 4) is 0 Å². The number of carbonyl (C=O) groups is 2. The molecule has 142 valence electrons. The smallest absolute Gasteiger partial charge is 0.258 e. The van der Waals surface area contributed by atoms with Crippen LogP contribution in [-0.2, 0) is 11.8 Å². The van der Waals surface area contributed by atoms with E-state index in [2.05, 4.69) is 14.9 Å². The van der Waals surface area contributed by atoms with Crippen molar-refractivity contribution in [1.82, 2.24) is 14.5 Å². The molecule has 4 rings (SSSR count). The van der Waals surface area contributed by atoms with Gasteiger partial charge in [0.1, 0.15) is 5.82 Å². The van der Waals surface area contributed by atoms with Crippen molar-refractivity contribution < 1.29 is 14.3 Å². The number of aromatic nitrogens is 2. The van der Waals surface area contributed by atoms with E-state index >= 15 is 0 Å². The van der Waals surface area contributed by atoms with Gasteiger partial charge in [0.25, 0.3) is 11.8 Å². The maximum Gasteiger partial charge on any atom is 0.258 e. The van der Waals surface area contributed by atoms with Crippen LogP contribution in [0.3, 0.4) is 0 Å². The Balaban J connectivity index is 1.50. The molecule has 27 heavy (non-hydrogen) atoms. The quantitative estimate of drug-likeness (QED) is 0.879. The molecule has 1 N–H and O–H groups in total. The molecule has 7 nitrogen and oxygen atoms in total. The third-order valence-corrected chi connectivity index (χ3v) is 5.55. The number of carbonyl (C=O) groups excluding carboxylic acids is 2. The lowest BCUT2D eigenvalue weighted by atomic mass is 10.1. The number of amides is 2. The van der Waals surface area contributed by atoms with E-state index < -0.39 is 0 Å². The van der Waals surface area contributed by atoms with Gasteiger partial charge in [0, 0.05) is 37.2 Å². The average Bonchev–Trinajstić information content (AvgIpc) is 3.40. The van der Waals surface area contributed by atoms with Crippen molar-refractivity contribution in [1.29, 1.82) is 0 Å². The predicted molar refractivity (Wildman–Crippen MR) is 101 cm³/mol. The number of nitrogens with zero attached hydrogens (tertiary/aromatic N) is 3. The highest BCUT2D eigenvalue weighted by molar-refractivity contribution is 6.05.